The first kappa shape index (κ1) is 15.6. The molecule has 5 heteroatoms. The van der Waals surface area contributed by atoms with Crippen molar-refractivity contribution in [3.63, 3.8) is 0 Å². The number of allylic oxidation sites excluding steroid dienone is 1. The van der Waals surface area contributed by atoms with Gasteiger partial charge in [0.15, 0.2) is 0 Å². The van der Waals surface area contributed by atoms with Gasteiger partial charge in [0, 0.05) is 0 Å². The molecule has 2 aliphatic rings. The average Bonchev–Trinajstić information content (AvgIpc) is 2.90. The summed E-state index contributed by atoms with van der Waals surface area (Å²) in [5, 5.41) is 0.551. The Bertz CT molecular complexity index is 584. The van der Waals surface area contributed by atoms with E-state index in [1.54, 1.807) is 0 Å². The monoisotopic (exact) mass is 368 g/mol. The Labute approximate surface area is 134 Å². The van der Waals surface area contributed by atoms with Crippen LogP contribution in [0, 0.1) is 11.8 Å². The number of carbonyl (C=O) groups is 1. The molecule has 2 fully saturated rings. The van der Waals surface area contributed by atoms with Crippen LogP contribution < -0.4 is 4.46 Å². The molecule has 4 nitrogen and oxygen atoms in total. The van der Waals surface area contributed by atoms with Gasteiger partial charge in [-0.3, -0.25) is 0 Å². The van der Waals surface area contributed by atoms with E-state index in [-0.39, 0.29) is 30.0 Å². The van der Waals surface area contributed by atoms with Gasteiger partial charge in [-0.1, -0.05) is 0 Å². The van der Waals surface area contributed by atoms with E-state index in [1.165, 1.54) is 0 Å². The van der Waals surface area contributed by atoms with Crippen molar-refractivity contribution < 1.29 is 18.1 Å². The minimum absolute atomic E-state index is 0.0698. The molecule has 1 aromatic rings. The standard InChI is InChI=1S/C17H20O4Se/c1-2-6-15-16-12(10-20-17(16)18)9-13(21-15)11-22(19)14-7-4-3-5-8-14/h2-8,12-13,15-16H,9-11H2,1H3/b6-2+/t12-,13+,15-,16-,22?/m0/s1. The summed E-state index contributed by atoms with van der Waals surface area (Å²) in [6.07, 6.45) is 4.24. The van der Waals surface area contributed by atoms with E-state index in [0.29, 0.717) is 11.9 Å². The SMILES string of the molecule is C/C=C/[C@@H]1O[C@@H](C[Se](=O)c2ccccc2)C[C@H]2COC(=O)[C@@H]21. The third kappa shape index (κ3) is 3.22. The van der Waals surface area contributed by atoms with E-state index in [4.69, 9.17) is 9.47 Å². The van der Waals surface area contributed by atoms with Crippen LogP contribution in [0.2, 0.25) is 5.32 Å². The van der Waals surface area contributed by atoms with Crippen LogP contribution in [0.3, 0.4) is 0 Å². The maximum atomic E-state index is 12.5. The molecule has 2 heterocycles. The van der Waals surface area contributed by atoms with Gasteiger partial charge in [-0.05, 0) is 0 Å². The molecule has 0 radical (unpaired) electrons. The van der Waals surface area contributed by atoms with Gasteiger partial charge in [0.25, 0.3) is 0 Å². The molecule has 0 bridgehead atoms. The fourth-order valence-corrected chi connectivity index (χ4v) is 5.73. The summed E-state index contributed by atoms with van der Waals surface area (Å²) in [6.45, 7) is 2.38. The Morgan fingerprint density at radius 1 is 1.32 bits per heavy atom. The van der Waals surface area contributed by atoms with Gasteiger partial charge in [0.1, 0.15) is 0 Å². The van der Waals surface area contributed by atoms with Gasteiger partial charge >= 0.3 is 134 Å². The van der Waals surface area contributed by atoms with E-state index < -0.39 is 13.8 Å². The summed E-state index contributed by atoms with van der Waals surface area (Å²) < 4.78 is 24.7. The van der Waals surface area contributed by atoms with Gasteiger partial charge in [-0.25, -0.2) is 0 Å². The first-order chi connectivity index (χ1) is 10.7. The van der Waals surface area contributed by atoms with E-state index in [0.717, 1.165) is 10.9 Å². The van der Waals surface area contributed by atoms with Crippen molar-refractivity contribution >= 4 is 24.3 Å². The van der Waals surface area contributed by atoms with Crippen LogP contribution >= 0.6 is 0 Å². The van der Waals surface area contributed by atoms with Crippen molar-refractivity contribution in [3.05, 3.63) is 42.5 Å². The summed E-state index contributed by atoms with van der Waals surface area (Å²) >= 11 is -2.11. The molecule has 0 amide bonds. The zero-order valence-electron chi connectivity index (χ0n) is 12.5. The van der Waals surface area contributed by atoms with E-state index >= 15 is 0 Å². The van der Waals surface area contributed by atoms with Crippen molar-refractivity contribution in [1.29, 1.82) is 0 Å². The minimum atomic E-state index is -2.11. The Kier molecular flexibility index (Phi) is 4.87. The van der Waals surface area contributed by atoms with Crippen LogP contribution in [0.5, 0.6) is 0 Å². The predicted molar refractivity (Wildman–Crippen MR) is 83.4 cm³/mol. The second kappa shape index (κ2) is 6.86. The first-order valence-electron chi connectivity index (χ1n) is 7.57. The molecule has 118 valence electrons. The van der Waals surface area contributed by atoms with E-state index in [2.05, 4.69) is 0 Å². The average molecular weight is 367 g/mol. The van der Waals surface area contributed by atoms with Crippen molar-refractivity contribution in [2.24, 2.45) is 11.8 Å². The molecule has 0 saturated carbocycles. The quantitative estimate of drug-likeness (QED) is 0.463. The zero-order chi connectivity index (χ0) is 15.5. The molecular weight excluding hydrogens is 347 g/mol. The topological polar surface area (TPSA) is 52.6 Å². The molecule has 1 unspecified atom stereocenters. The molecule has 2 aliphatic heterocycles. The van der Waals surface area contributed by atoms with Gasteiger partial charge in [0.05, 0.1) is 0 Å². The van der Waals surface area contributed by atoms with Crippen LogP contribution in [0.1, 0.15) is 13.3 Å². The Hall–Kier alpha value is -1.29. The van der Waals surface area contributed by atoms with E-state index in [9.17, 15) is 8.63 Å². The third-order valence-electron chi connectivity index (χ3n) is 4.21. The Morgan fingerprint density at radius 3 is 2.82 bits per heavy atom. The predicted octanol–water partition coefficient (Wildman–Crippen LogP) is 1.84. The van der Waals surface area contributed by atoms with Gasteiger partial charge in [-0.2, -0.15) is 0 Å². The molecule has 1 aromatic carbocycles. The van der Waals surface area contributed by atoms with Crippen LogP contribution in [0.4, 0.5) is 0 Å². The molecule has 3 rings (SSSR count). The second-order valence-corrected chi connectivity index (χ2v) is 8.86. The molecule has 0 aromatic heterocycles. The van der Waals surface area contributed by atoms with Crippen molar-refractivity contribution in [2.75, 3.05) is 6.61 Å². The third-order valence-corrected chi connectivity index (χ3v) is 7.30. The Morgan fingerprint density at radius 2 is 2.09 bits per heavy atom. The number of rotatable bonds is 4. The molecule has 5 atom stereocenters. The summed E-state index contributed by atoms with van der Waals surface area (Å²) in [7, 11) is 0. The maximum absolute atomic E-state index is 12.5. The van der Waals surface area contributed by atoms with Crippen LogP contribution in [-0.2, 0) is 18.1 Å². The number of hydrogen-bond acceptors (Lipinski definition) is 4. The summed E-state index contributed by atoms with van der Waals surface area (Å²) in [5.74, 6) is -0.180. The molecule has 22 heavy (non-hydrogen) atoms. The van der Waals surface area contributed by atoms with Crippen molar-refractivity contribution in [1.82, 2.24) is 0 Å². The van der Waals surface area contributed by atoms with Crippen LogP contribution in [0.15, 0.2) is 42.5 Å². The fourth-order valence-electron chi connectivity index (χ4n) is 3.20. The van der Waals surface area contributed by atoms with Gasteiger partial charge in [0.2, 0.25) is 0 Å². The molecule has 0 N–H and O–H groups in total. The molecular formula is C17H20O4Se. The normalized spacial score (nSPS) is 32.7. The number of carbonyl (C=O) groups excluding carboxylic acids is 1. The van der Waals surface area contributed by atoms with Crippen LogP contribution in [-0.4, -0.2) is 38.6 Å². The molecule has 2 saturated heterocycles. The zero-order valence-corrected chi connectivity index (χ0v) is 14.2. The first-order valence-corrected chi connectivity index (χ1v) is 10.3. The number of esters is 1. The number of hydrogen-bond donors (Lipinski definition) is 0. The summed E-state index contributed by atoms with van der Waals surface area (Å²) in [4.78, 5) is 11.9. The van der Waals surface area contributed by atoms with Crippen LogP contribution in [0.25, 0.3) is 0 Å². The van der Waals surface area contributed by atoms with Gasteiger partial charge in [-0.15, -0.1) is 0 Å². The van der Waals surface area contributed by atoms with E-state index in [1.807, 2.05) is 49.4 Å². The van der Waals surface area contributed by atoms with Gasteiger partial charge < -0.3 is 0 Å². The number of benzene rings is 1. The molecule has 0 spiro atoms. The molecule has 0 aliphatic carbocycles. The summed E-state index contributed by atoms with van der Waals surface area (Å²) in [5.41, 5.74) is 0. The number of ether oxygens (including phenoxy) is 2. The van der Waals surface area contributed by atoms with Crippen molar-refractivity contribution in [2.45, 2.75) is 30.9 Å². The van der Waals surface area contributed by atoms with Crippen molar-refractivity contribution in [3.8, 4) is 0 Å². The fraction of sp³-hybridized carbons (Fsp3) is 0.471. The Balaban J connectivity index is 1.70. The second-order valence-electron chi connectivity index (χ2n) is 5.73. The number of cyclic esters (lactones) is 1. The number of fused-ring (bicyclic) bond motifs is 1. The summed E-state index contributed by atoms with van der Waals surface area (Å²) in [6, 6.07) is 9.57.